The first kappa shape index (κ1) is 14.7. The fourth-order valence-electron chi connectivity index (χ4n) is 2.95. The van der Waals surface area contributed by atoms with Crippen LogP contribution in [-0.2, 0) is 13.1 Å². The quantitative estimate of drug-likeness (QED) is 0.850. The first-order valence-corrected chi connectivity index (χ1v) is 8.31. The van der Waals surface area contributed by atoms with E-state index in [0.29, 0.717) is 6.04 Å². The van der Waals surface area contributed by atoms with Gasteiger partial charge in [0.1, 0.15) is 0 Å². The van der Waals surface area contributed by atoms with Crippen molar-refractivity contribution in [3.05, 3.63) is 40.3 Å². The van der Waals surface area contributed by atoms with Crippen molar-refractivity contribution >= 4 is 11.3 Å². The summed E-state index contributed by atoms with van der Waals surface area (Å²) in [7, 11) is 0. The first-order chi connectivity index (χ1) is 10.3. The lowest BCUT2D eigenvalue weighted by Gasteiger charge is -2.41. The molecule has 0 spiro atoms. The maximum atomic E-state index is 9.35. The fourth-order valence-corrected chi connectivity index (χ4v) is 3.68. The van der Waals surface area contributed by atoms with Crippen LogP contribution in [0.25, 0.3) is 0 Å². The number of hydrogen-bond acceptors (Lipinski definition) is 5. The number of rotatable bonds is 6. The van der Waals surface area contributed by atoms with E-state index >= 15 is 0 Å². The molecule has 0 aromatic carbocycles. The molecule has 2 aromatic rings. The molecule has 2 N–H and O–H groups in total. The van der Waals surface area contributed by atoms with Crippen LogP contribution in [0.15, 0.2) is 29.8 Å². The lowest BCUT2D eigenvalue weighted by molar-refractivity contribution is 0.0501. The molecule has 3 rings (SSSR count). The average Bonchev–Trinajstić information content (AvgIpc) is 3.15. The van der Waals surface area contributed by atoms with E-state index in [1.165, 1.54) is 4.88 Å². The molecule has 1 aliphatic rings. The van der Waals surface area contributed by atoms with Crippen LogP contribution in [0, 0.1) is 0 Å². The van der Waals surface area contributed by atoms with Gasteiger partial charge in [-0.1, -0.05) is 6.07 Å². The van der Waals surface area contributed by atoms with Crippen molar-refractivity contribution in [2.24, 2.45) is 0 Å². The van der Waals surface area contributed by atoms with Crippen LogP contribution >= 0.6 is 11.3 Å². The lowest BCUT2D eigenvalue weighted by atomic mass is 10.1. The summed E-state index contributed by atoms with van der Waals surface area (Å²) in [6.45, 7) is 5.28. The second-order valence-electron chi connectivity index (χ2n) is 5.53. The number of nitrogens with one attached hydrogen (secondary N) is 1. The standard InChI is InChI=1S/C15H22N4OS/c20-8-4-14-11-18(10-13-3-5-16-17-13)6-7-19(14)12-15-2-1-9-21-15/h1-3,5,9,14,20H,4,6-8,10-12H2,(H,16,17)/t14-/m1/s1. The molecule has 0 radical (unpaired) electrons. The molecule has 114 valence electrons. The third-order valence-electron chi connectivity index (χ3n) is 4.04. The number of aliphatic hydroxyl groups excluding tert-OH is 1. The molecule has 0 saturated carbocycles. The number of hydrogen-bond donors (Lipinski definition) is 2. The Balaban J connectivity index is 1.59. The molecular formula is C15H22N4OS. The number of aliphatic hydroxyl groups is 1. The molecule has 1 saturated heterocycles. The van der Waals surface area contributed by atoms with Crippen LogP contribution in [0.5, 0.6) is 0 Å². The van der Waals surface area contributed by atoms with Gasteiger partial charge in [0, 0.05) is 62.1 Å². The summed E-state index contributed by atoms with van der Waals surface area (Å²) in [6.07, 6.45) is 2.64. The van der Waals surface area contributed by atoms with Gasteiger partial charge in [-0.25, -0.2) is 0 Å². The zero-order valence-corrected chi connectivity index (χ0v) is 12.9. The van der Waals surface area contributed by atoms with Crippen molar-refractivity contribution in [3.8, 4) is 0 Å². The Morgan fingerprint density at radius 2 is 2.29 bits per heavy atom. The van der Waals surface area contributed by atoms with Crippen molar-refractivity contribution in [1.82, 2.24) is 20.0 Å². The molecule has 0 aliphatic carbocycles. The second-order valence-corrected chi connectivity index (χ2v) is 6.57. The second kappa shape index (κ2) is 7.17. The molecule has 0 unspecified atom stereocenters. The van der Waals surface area contributed by atoms with E-state index in [1.807, 2.05) is 17.4 Å². The monoisotopic (exact) mass is 306 g/mol. The van der Waals surface area contributed by atoms with E-state index in [2.05, 4.69) is 37.5 Å². The van der Waals surface area contributed by atoms with Gasteiger partial charge >= 0.3 is 0 Å². The number of aromatic nitrogens is 2. The minimum atomic E-state index is 0.253. The molecule has 1 atom stereocenters. The van der Waals surface area contributed by atoms with E-state index in [1.54, 1.807) is 6.20 Å². The highest BCUT2D eigenvalue weighted by atomic mass is 32.1. The summed E-state index contributed by atoms with van der Waals surface area (Å²) in [5, 5.41) is 18.5. The average molecular weight is 306 g/mol. The van der Waals surface area contributed by atoms with Gasteiger partial charge in [0.15, 0.2) is 0 Å². The Morgan fingerprint density at radius 1 is 1.33 bits per heavy atom. The number of aromatic amines is 1. The Hall–Kier alpha value is -1.21. The van der Waals surface area contributed by atoms with E-state index in [4.69, 9.17) is 0 Å². The van der Waals surface area contributed by atoms with Gasteiger partial charge in [0.2, 0.25) is 0 Å². The molecule has 1 aliphatic heterocycles. The Morgan fingerprint density at radius 3 is 3.00 bits per heavy atom. The van der Waals surface area contributed by atoms with E-state index < -0.39 is 0 Å². The van der Waals surface area contributed by atoms with Gasteiger partial charge in [-0.15, -0.1) is 11.3 Å². The smallest absolute Gasteiger partial charge is 0.0492 e. The molecule has 0 bridgehead atoms. The van der Waals surface area contributed by atoms with Gasteiger partial charge in [-0.3, -0.25) is 14.9 Å². The Labute approximate surface area is 129 Å². The highest BCUT2D eigenvalue weighted by Crippen LogP contribution is 2.19. The zero-order chi connectivity index (χ0) is 14.5. The molecule has 21 heavy (non-hydrogen) atoms. The van der Waals surface area contributed by atoms with Crippen LogP contribution in [0.2, 0.25) is 0 Å². The third kappa shape index (κ3) is 3.91. The van der Waals surface area contributed by atoms with Crippen LogP contribution in [-0.4, -0.2) is 57.4 Å². The van der Waals surface area contributed by atoms with Crippen molar-refractivity contribution < 1.29 is 5.11 Å². The number of H-pyrrole nitrogens is 1. The van der Waals surface area contributed by atoms with Gasteiger partial charge in [-0.2, -0.15) is 5.10 Å². The first-order valence-electron chi connectivity index (χ1n) is 7.43. The van der Waals surface area contributed by atoms with Crippen LogP contribution in [0.4, 0.5) is 0 Å². The van der Waals surface area contributed by atoms with Gasteiger partial charge < -0.3 is 5.11 Å². The number of piperazine rings is 1. The number of thiophene rings is 1. The van der Waals surface area contributed by atoms with Crippen molar-refractivity contribution in [2.75, 3.05) is 26.2 Å². The van der Waals surface area contributed by atoms with Crippen LogP contribution < -0.4 is 0 Å². The Kier molecular flexibility index (Phi) is 5.03. The maximum Gasteiger partial charge on any atom is 0.0492 e. The largest absolute Gasteiger partial charge is 0.396 e. The molecular weight excluding hydrogens is 284 g/mol. The van der Waals surface area contributed by atoms with Crippen LogP contribution in [0.3, 0.4) is 0 Å². The molecule has 5 nitrogen and oxygen atoms in total. The SMILES string of the molecule is OCC[C@@H]1CN(Cc2ccn[nH]2)CCN1Cc1cccs1. The minimum Gasteiger partial charge on any atom is -0.396 e. The molecule has 3 heterocycles. The van der Waals surface area contributed by atoms with Gasteiger partial charge in [-0.05, 0) is 23.9 Å². The summed E-state index contributed by atoms with van der Waals surface area (Å²) >= 11 is 1.81. The predicted molar refractivity (Wildman–Crippen MR) is 84.1 cm³/mol. The molecule has 6 heteroatoms. The fraction of sp³-hybridized carbons (Fsp3) is 0.533. The summed E-state index contributed by atoms with van der Waals surface area (Å²) < 4.78 is 0. The van der Waals surface area contributed by atoms with E-state index in [9.17, 15) is 5.11 Å². The summed E-state index contributed by atoms with van der Waals surface area (Å²) in [4.78, 5) is 6.35. The van der Waals surface area contributed by atoms with E-state index in [-0.39, 0.29) is 6.61 Å². The normalized spacial score (nSPS) is 20.9. The van der Waals surface area contributed by atoms with Gasteiger partial charge in [0.25, 0.3) is 0 Å². The van der Waals surface area contributed by atoms with E-state index in [0.717, 1.165) is 44.8 Å². The Bertz CT molecular complexity index is 514. The molecule has 1 fully saturated rings. The zero-order valence-electron chi connectivity index (χ0n) is 12.1. The maximum absolute atomic E-state index is 9.35. The molecule has 0 amide bonds. The van der Waals surface area contributed by atoms with Crippen molar-refractivity contribution in [1.29, 1.82) is 0 Å². The topological polar surface area (TPSA) is 55.4 Å². The van der Waals surface area contributed by atoms with Crippen molar-refractivity contribution in [2.45, 2.75) is 25.6 Å². The summed E-state index contributed by atoms with van der Waals surface area (Å²) in [6, 6.07) is 6.75. The summed E-state index contributed by atoms with van der Waals surface area (Å²) in [5.74, 6) is 0. The predicted octanol–water partition coefficient (Wildman–Crippen LogP) is 1.54. The van der Waals surface area contributed by atoms with Gasteiger partial charge in [0.05, 0.1) is 0 Å². The summed E-state index contributed by atoms with van der Waals surface area (Å²) in [5.41, 5.74) is 1.16. The van der Waals surface area contributed by atoms with Crippen LogP contribution in [0.1, 0.15) is 17.0 Å². The lowest BCUT2D eigenvalue weighted by Crippen LogP contribution is -2.52. The third-order valence-corrected chi connectivity index (χ3v) is 4.90. The molecule has 2 aromatic heterocycles. The highest BCUT2D eigenvalue weighted by Gasteiger charge is 2.26. The highest BCUT2D eigenvalue weighted by molar-refractivity contribution is 7.09. The van der Waals surface area contributed by atoms with Crippen molar-refractivity contribution in [3.63, 3.8) is 0 Å². The minimum absolute atomic E-state index is 0.253. The number of nitrogens with zero attached hydrogens (tertiary/aromatic N) is 3.